The molecular formula is C19H25NO5. The Kier molecular flexibility index (Phi) is 7.01. The van der Waals surface area contributed by atoms with Crippen LogP contribution in [0.1, 0.15) is 30.6 Å². The normalized spacial score (nSPS) is 17.0. The fraction of sp³-hybridized carbons (Fsp3) is 0.474. The summed E-state index contributed by atoms with van der Waals surface area (Å²) < 4.78 is 16.1. The van der Waals surface area contributed by atoms with Crippen molar-refractivity contribution in [2.24, 2.45) is 0 Å². The van der Waals surface area contributed by atoms with Crippen molar-refractivity contribution in [2.75, 3.05) is 33.0 Å². The van der Waals surface area contributed by atoms with Gasteiger partial charge in [-0.15, -0.1) is 0 Å². The molecule has 1 fully saturated rings. The largest absolute Gasteiger partial charge is 0.488 e. The van der Waals surface area contributed by atoms with Crippen molar-refractivity contribution in [3.8, 4) is 5.75 Å². The highest BCUT2D eigenvalue weighted by Gasteiger charge is 2.31. The van der Waals surface area contributed by atoms with Gasteiger partial charge in [0, 0.05) is 6.54 Å². The van der Waals surface area contributed by atoms with Crippen LogP contribution in [-0.4, -0.2) is 55.8 Å². The highest BCUT2D eigenvalue weighted by atomic mass is 16.5. The number of carbonyl (C=O) groups excluding carboxylic acids is 2. The van der Waals surface area contributed by atoms with Crippen LogP contribution in [0.5, 0.6) is 5.75 Å². The molecule has 6 nitrogen and oxygen atoms in total. The maximum absolute atomic E-state index is 13.0. The zero-order chi connectivity index (χ0) is 18.2. The van der Waals surface area contributed by atoms with Gasteiger partial charge in [-0.05, 0) is 31.6 Å². The van der Waals surface area contributed by atoms with Crippen molar-refractivity contribution in [3.63, 3.8) is 0 Å². The number of morpholine rings is 1. The minimum Gasteiger partial charge on any atom is -0.488 e. The van der Waals surface area contributed by atoms with Crippen LogP contribution in [0.2, 0.25) is 0 Å². The molecule has 0 unspecified atom stereocenters. The Balaban J connectivity index is 2.16. The number of amides is 1. The number of para-hydroxylation sites is 1. The van der Waals surface area contributed by atoms with E-state index >= 15 is 0 Å². The third-order valence-corrected chi connectivity index (χ3v) is 3.79. The first kappa shape index (κ1) is 19.0. The van der Waals surface area contributed by atoms with E-state index in [9.17, 15) is 9.59 Å². The van der Waals surface area contributed by atoms with Gasteiger partial charge in [0.15, 0.2) is 0 Å². The van der Waals surface area contributed by atoms with Gasteiger partial charge in [0.25, 0.3) is 5.91 Å². The van der Waals surface area contributed by atoms with Crippen molar-refractivity contribution < 1.29 is 23.8 Å². The molecule has 1 aromatic carbocycles. The fourth-order valence-corrected chi connectivity index (χ4v) is 2.63. The summed E-state index contributed by atoms with van der Waals surface area (Å²) in [5.74, 6) is 0.00871. The summed E-state index contributed by atoms with van der Waals surface area (Å²) in [5.41, 5.74) is 1.34. The quantitative estimate of drug-likeness (QED) is 0.560. The molecule has 1 amide bonds. The molecule has 2 rings (SSSR count). The van der Waals surface area contributed by atoms with E-state index in [0.717, 1.165) is 5.57 Å². The first-order valence-electron chi connectivity index (χ1n) is 8.43. The zero-order valence-electron chi connectivity index (χ0n) is 14.8. The van der Waals surface area contributed by atoms with Crippen LogP contribution in [0.15, 0.2) is 36.4 Å². The molecule has 0 radical (unpaired) electrons. The summed E-state index contributed by atoms with van der Waals surface area (Å²) in [5, 5.41) is 0. The first-order valence-corrected chi connectivity index (χ1v) is 8.43. The topological polar surface area (TPSA) is 65.1 Å². The Bertz CT molecular complexity index is 628. The molecule has 6 heteroatoms. The molecule has 25 heavy (non-hydrogen) atoms. The van der Waals surface area contributed by atoms with Crippen molar-refractivity contribution in [1.29, 1.82) is 0 Å². The second-order valence-corrected chi connectivity index (χ2v) is 5.98. The molecule has 1 atom stereocenters. The molecule has 136 valence electrons. The highest BCUT2D eigenvalue weighted by molar-refractivity contribution is 5.97. The number of hydrogen-bond acceptors (Lipinski definition) is 5. The van der Waals surface area contributed by atoms with Gasteiger partial charge in [0.1, 0.15) is 12.4 Å². The van der Waals surface area contributed by atoms with Gasteiger partial charge in [0.2, 0.25) is 0 Å². The van der Waals surface area contributed by atoms with Gasteiger partial charge in [-0.25, -0.2) is 0 Å². The number of ether oxygens (including phenoxy) is 3. The maximum Gasteiger partial charge on any atom is 0.307 e. The van der Waals surface area contributed by atoms with Crippen molar-refractivity contribution in [2.45, 2.75) is 26.3 Å². The SMILES string of the molecule is C=C(C)COc1ccccc1C(=O)N1CCOC[C@@H]1CC(=O)OCC. The van der Waals surface area contributed by atoms with Crippen LogP contribution in [0, 0.1) is 0 Å². The second kappa shape index (κ2) is 9.22. The number of benzene rings is 1. The lowest BCUT2D eigenvalue weighted by atomic mass is 10.1. The maximum atomic E-state index is 13.0. The van der Waals surface area contributed by atoms with Crippen LogP contribution in [0.3, 0.4) is 0 Å². The van der Waals surface area contributed by atoms with Crippen LogP contribution >= 0.6 is 0 Å². The number of nitrogens with zero attached hydrogens (tertiary/aromatic N) is 1. The van der Waals surface area contributed by atoms with Crippen LogP contribution in [0.25, 0.3) is 0 Å². The molecule has 1 heterocycles. The molecule has 0 N–H and O–H groups in total. The molecule has 0 aliphatic carbocycles. The summed E-state index contributed by atoms with van der Waals surface area (Å²) in [4.78, 5) is 26.5. The third-order valence-electron chi connectivity index (χ3n) is 3.79. The van der Waals surface area contributed by atoms with Gasteiger partial charge >= 0.3 is 5.97 Å². The Labute approximate surface area is 148 Å². The van der Waals surface area contributed by atoms with E-state index in [0.29, 0.717) is 44.3 Å². The molecule has 1 aromatic rings. The summed E-state index contributed by atoms with van der Waals surface area (Å²) in [7, 11) is 0. The lowest BCUT2D eigenvalue weighted by Crippen LogP contribution is -2.49. The smallest absolute Gasteiger partial charge is 0.307 e. The van der Waals surface area contributed by atoms with E-state index < -0.39 is 0 Å². The van der Waals surface area contributed by atoms with E-state index in [1.807, 2.05) is 13.0 Å². The summed E-state index contributed by atoms with van der Waals surface area (Å²) in [6.07, 6.45) is 0.119. The Hall–Kier alpha value is -2.34. The lowest BCUT2D eigenvalue weighted by Gasteiger charge is -2.35. The van der Waals surface area contributed by atoms with Gasteiger partial charge in [0.05, 0.1) is 37.8 Å². The van der Waals surface area contributed by atoms with E-state index in [2.05, 4.69) is 6.58 Å². The molecule has 0 aromatic heterocycles. The highest BCUT2D eigenvalue weighted by Crippen LogP contribution is 2.23. The minimum absolute atomic E-state index is 0.119. The van der Waals surface area contributed by atoms with E-state index in [1.54, 1.807) is 30.0 Å². The molecule has 1 saturated heterocycles. The van der Waals surface area contributed by atoms with Crippen LogP contribution in [-0.2, 0) is 14.3 Å². The summed E-state index contributed by atoms with van der Waals surface area (Å²) >= 11 is 0. The van der Waals surface area contributed by atoms with E-state index in [1.165, 1.54) is 0 Å². The minimum atomic E-state index is -0.338. The van der Waals surface area contributed by atoms with Gasteiger partial charge in [-0.3, -0.25) is 9.59 Å². The van der Waals surface area contributed by atoms with Gasteiger partial charge in [-0.2, -0.15) is 0 Å². The molecule has 1 aliphatic heterocycles. The predicted octanol–water partition coefficient (Wildman–Crippen LogP) is 2.44. The monoisotopic (exact) mass is 347 g/mol. The average Bonchev–Trinajstić information content (AvgIpc) is 2.60. The number of esters is 1. The Morgan fingerprint density at radius 1 is 1.36 bits per heavy atom. The zero-order valence-corrected chi connectivity index (χ0v) is 14.8. The summed E-state index contributed by atoms with van der Waals surface area (Å²) in [6, 6.07) is 6.76. The van der Waals surface area contributed by atoms with E-state index in [4.69, 9.17) is 14.2 Å². The number of hydrogen-bond donors (Lipinski definition) is 0. The molecule has 1 aliphatic rings. The Morgan fingerprint density at radius 2 is 2.12 bits per heavy atom. The summed E-state index contributed by atoms with van der Waals surface area (Å²) in [6.45, 7) is 9.28. The molecule has 0 bridgehead atoms. The first-order chi connectivity index (χ1) is 12.0. The van der Waals surface area contributed by atoms with Crippen molar-refractivity contribution in [3.05, 3.63) is 42.0 Å². The Morgan fingerprint density at radius 3 is 2.84 bits per heavy atom. The number of carbonyl (C=O) groups is 2. The fourth-order valence-electron chi connectivity index (χ4n) is 2.63. The van der Waals surface area contributed by atoms with Crippen molar-refractivity contribution >= 4 is 11.9 Å². The van der Waals surface area contributed by atoms with Crippen molar-refractivity contribution in [1.82, 2.24) is 4.90 Å². The van der Waals surface area contributed by atoms with Gasteiger partial charge in [-0.1, -0.05) is 18.7 Å². The van der Waals surface area contributed by atoms with Crippen LogP contribution < -0.4 is 4.74 Å². The van der Waals surface area contributed by atoms with E-state index in [-0.39, 0.29) is 24.3 Å². The average molecular weight is 347 g/mol. The van der Waals surface area contributed by atoms with Crippen LogP contribution in [0.4, 0.5) is 0 Å². The molecular weight excluding hydrogens is 322 g/mol. The third kappa shape index (κ3) is 5.32. The second-order valence-electron chi connectivity index (χ2n) is 5.98. The number of rotatable bonds is 7. The standard InChI is InChI=1S/C19H25NO5/c1-4-24-18(21)11-15-13-23-10-9-20(15)19(22)16-7-5-6-8-17(16)25-12-14(2)3/h5-8,15H,2,4,9-13H2,1,3H3/t15-/m0/s1. The van der Waals surface area contributed by atoms with Gasteiger partial charge < -0.3 is 19.1 Å². The molecule has 0 spiro atoms. The molecule has 0 saturated carbocycles. The predicted molar refractivity (Wildman–Crippen MR) is 93.6 cm³/mol. The lowest BCUT2D eigenvalue weighted by molar-refractivity contribution is -0.145.